The van der Waals surface area contributed by atoms with Crippen molar-refractivity contribution in [3.63, 3.8) is 0 Å². The van der Waals surface area contributed by atoms with E-state index in [9.17, 15) is 24.6 Å². The third-order valence-electron chi connectivity index (χ3n) is 3.13. The molecule has 134 valence electrons. The van der Waals surface area contributed by atoms with Gasteiger partial charge in [0.2, 0.25) is 5.43 Å². The fourth-order valence-corrected chi connectivity index (χ4v) is 1.97. The van der Waals surface area contributed by atoms with Gasteiger partial charge in [0.25, 0.3) is 0 Å². The van der Waals surface area contributed by atoms with E-state index >= 15 is 0 Å². The summed E-state index contributed by atoms with van der Waals surface area (Å²) < 4.78 is 15.6. The number of aromatic nitrogens is 1. The van der Waals surface area contributed by atoms with Crippen molar-refractivity contribution in [2.45, 2.75) is 32.6 Å². The fraction of sp³-hybridized carbons (Fsp3) is 0.533. The van der Waals surface area contributed by atoms with Gasteiger partial charge in [-0.3, -0.25) is 4.79 Å². The van der Waals surface area contributed by atoms with Gasteiger partial charge in [0.05, 0.1) is 27.4 Å². The van der Waals surface area contributed by atoms with E-state index in [1.165, 1.54) is 0 Å². The molecule has 0 spiro atoms. The molecule has 1 aromatic heterocycles. The second-order valence-electron chi connectivity index (χ2n) is 4.87. The molecule has 0 amide bonds. The van der Waals surface area contributed by atoms with Crippen molar-refractivity contribution in [2.75, 3.05) is 20.8 Å². The number of esters is 2. The molecule has 0 radical (unpaired) electrons. The van der Waals surface area contributed by atoms with Crippen LogP contribution in [0.15, 0.2) is 11.0 Å². The lowest BCUT2D eigenvalue weighted by Crippen LogP contribution is -2.29. The average Bonchev–Trinajstić information content (AvgIpc) is 2.55. The van der Waals surface area contributed by atoms with Crippen molar-refractivity contribution in [3.05, 3.63) is 27.7 Å². The third kappa shape index (κ3) is 4.56. The molecule has 1 aromatic rings. The minimum Gasteiger partial charge on any atom is -0.487 e. The summed E-state index contributed by atoms with van der Waals surface area (Å²) in [5, 5.41) is 18.4. The van der Waals surface area contributed by atoms with Gasteiger partial charge in [-0.15, -0.1) is 0 Å². The Bertz CT molecular complexity index is 650. The lowest BCUT2D eigenvalue weighted by molar-refractivity contribution is -0.0519. The Hall–Kier alpha value is -2.39. The first-order valence-corrected chi connectivity index (χ1v) is 7.30. The molecule has 0 aliphatic carbocycles. The summed E-state index contributed by atoms with van der Waals surface area (Å²) in [5.41, 5.74) is -1.53. The Morgan fingerprint density at radius 3 is 2.33 bits per heavy atom. The first-order valence-electron chi connectivity index (χ1n) is 7.30. The van der Waals surface area contributed by atoms with Gasteiger partial charge in [-0.25, -0.2) is 9.59 Å². The van der Waals surface area contributed by atoms with E-state index < -0.39 is 35.8 Å². The largest absolute Gasteiger partial charge is 0.487 e. The SMILES string of the molecule is CCCCOc1c(C(=O)OC)n(CC(O)O)cc(C(=O)OC)c1=O. The summed E-state index contributed by atoms with van der Waals surface area (Å²) in [6, 6.07) is 0. The topological polar surface area (TPSA) is 124 Å². The molecule has 0 aliphatic rings. The zero-order chi connectivity index (χ0) is 18.3. The molecular formula is C15H21NO8. The summed E-state index contributed by atoms with van der Waals surface area (Å²) >= 11 is 0. The van der Waals surface area contributed by atoms with Gasteiger partial charge in [0, 0.05) is 6.20 Å². The zero-order valence-electron chi connectivity index (χ0n) is 13.8. The van der Waals surface area contributed by atoms with E-state index in [0.29, 0.717) is 6.42 Å². The number of hydrogen-bond acceptors (Lipinski definition) is 8. The summed E-state index contributed by atoms with van der Waals surface area (Å²) in [6.07, 6.45) is 0.579. The molecule has 0 aromatic carbocycles. The van der Waals surface area contributed by atoms with Crippen molar-refractivity contribution in [1.82, 2.24) is 4.57 Å². The second kappa shape index (κ2) is 9.04. The minimum atomic E-state index is -1.83. The molecule has 0 fully saturated rings. The summed E-state index contributed by atoms with van der Waals surface area (Å²) in [4.78, 5) is 36.3. The third-order valence-corrected chi connectivity index (χ3v) is 3.13. The highest BCUT2D eigenvalue weighted by atomic mass is 16.5. The molecule has 1 heterocycles. The number of pyridine rings is 1. The monoisotopic (exact) mass is 343 g/mol. The standard InChI is InChI=1S/C15H21NO8/c1-4-5-6-24-13-11(15(21)23-3)16(8-10(17)18)7-9(12(13)19)14(20)22-2/h7,10,17-18H,4-6,8H2,1-3H3. The van der Waals surface area contributed by atoms with E-state index in [0.717, 1.165) is 31.4 Å². The Morgan fingerprint density at radius 2 is 1.83 bits per heavy atom. The molecule has 9 heteroatoms. The number of nitrogens with zero attached hydrogens (tertiary/aromatic N) is 1. The highest BCUT2D eigenvalue weighted by Gasteiger charge is 2.27. The van der Waals surface area contributed by atoms with E-state index in [-0.39, 0.29) is 18.1 Å². The number of carbonyl (C=O) groups excluding carboxylic acids is 2. The average molecular weight is 343 g/mol. The normalized spacial score (nSPS) is 10.6. The first kappa shape index (κ1) is 19.7. The maximum Gasteiger partial charge on any atom is 0.358 e. The van der Waals surface area contributed by atoms with E-state index in [1.54, 1.807) is 0 Å². The Balaban J connectivity index is 3.59. The van der Waals surface area contributed by atoms with Crippen molar-refractivity contribution < 1.29 is 34.0 Å². The first-order chi connectivity index (χ1) is 11.4. The molecule has 1 rings (SSSR count). The van der Waals surface area contributed by atoms with E-state index in [2.05, 4.69) is 9.47 Å². The number of carbonyl (C=O) groups is 2. The molecule has 0 atom stereocenters. The molecule has 0 aliphatic heterocycles. The van der Waals surface area contributed by atoms with Crippen LogP contribution < -0.4 is 10.2 Å². The van der Waals surface area contributed by atoms with Crippen molar-refractivity contribution >= 4 is 11.9 Å². The van der Waals surface area contributed by atoms with Gasteiger partial charge in [-0.2, -0.15) is 0 Å². The fourth-order valence-electron chi connectivity index (χ4n) is 1.97. The second-order valence-corrected chi connectivity index (χ2v) is 4.87. The maximum atomic E-state index is 12.5. The maximum absolute atomic E-state index is 12.5. The van der Waals surface area contributed by atoms with E-state index in [1.807, 2.05) is 6.92 Å². The van der Waals surface area contributed by atoms with Crippen LogP contribution in [0.4, 0.5) is 0 Å². The van der Waals surface area contributed by atoms with Crippen LogP contribution in [-0.2, 0) is 16.0 Å². The molecule has 0 saturated heterocycles. The summed E-state index contributed by atoms with van der Waals surface area (Å²) in [6.45, 7) is 1.58. The predicted octanol–water partition coefficient (Wildman–Crippen LogP) is -0.0889. The highest BCUT2D eigenvalue weighted by Crippen LogP contribution is 2.18. The van der Waals surface area contributed by atoms with Gasteiger partial charge in [-0.05, 0) is 6.42 Å². The molecule has 0 saturated carbocycles. The smallest absolute Gasteiger partial charge is 0.358 e. The number of rotatable bonds is 8. The van der Waals surface area contributed by atoms with Crippen LogP contribution in [0, 0.1) is 0 Å². The molecule has 24 heavy (non-hydrogen) atoms. The molecular weight excluding hydrogens is 322 g/mol. The van der Waals surface area contributed by atoms with Crippen LogP contribution in [0.5, 0.6) is 5.75 Å². The number of methoxy groups -OCH3 is 2. The highest BCUT2D eigenvalue weighted by molar-refractivity contribution is 5.94. The Labute approximate surface area is 138 Å². The van der Waals surface area contributed by atoms with Crippen molar-refractivity contribution in [2.24, 2.45) is 0 Å². The van der Waals surface area contributed by atoms with Crippen molar-refractivity contribution in [1.29, 1.82) is 0 Å². The zero-order valence-corrected chi connectivity index (χ0v) is 13.8. The van der Waals surface area contributed by atoms with Crippen LogP contribution >= 0.6 is 0 Å². The number of unbranched alkanes of at least 4 members (excludes halogenated alkanes) is 1. The van der Waals surface area contributed by atoms with Crippen LogP contribution in [0.25, 0.3) is 0 Å². The van der Waals surface area contributed by atoms with E-state index in [4.69, 9.17) is 4.74 Å². The Kier molecular flexibility index (Phi) is 7.40. The number of hydrogen-bond donors (Lipinski definition) is 2. The van der Waals surface area contributed by atoms with Crippen molar-refractivity contribution in [3.8, 4) is 5.75 Å². The number of aliphatic hydroxyl groups excluding tert-OH is 1. The van der Waals surface area contributed by atoms with Gasteiger partial charge in [-0.1, -0.05) is 13.3 Å². The van der Waals surface area contributed by atoms with Gasteiger partial charge in [0.15, 0.2) is 17.7 Å². The van der Waals surface area contributed by atoms with Gasteiger partial charge in [0.1, 0.15) is 5.56 Å². The van der Waals surface area contributed by atoms with Gasteiger partial charge >= 0.3 is 11.9 Å². The quantitative estimate of drug-likeness (QED) is 0.381. The predicted molar refractivity (Wildman–Crippen MR) is 82.0 cm³/mol. The summed E-state index contributed by atoms with van der Waals surface area (Å²) in [5.74, 6) is -2.23. The minimum absolute atomic E-state index is 0.141. The molecule has 2 N–H and O–H groups in total. The lowest BCUT2D eigenvalue weighted by atomic mass is 10.2. The molecule has 0 unspecified atom stereocenters. The number of aliphatic hydroxyl groups is 2. The van der Waals surface area contributed by atoms with Crippen LogP contribution in [0.3, 0.4) is 0 Å². The van der Waals surface area contributed by atoms with Crippen LogP contribution in [0.1, 0.15) is 40.6 Å². The molecule has 0 bridgehead atoms. The number of ether oxygens (including phenoxy) is 3. The summed E-state index contributed by atoms with van der Waals surface area (Å²) in [7, 11) is 2.20. The van der Waals surface area contributed by atoms with Crippen LogP contribution in [-0.4, -0.2) is 53.8 Å². The molecule has 9 nitrogen and oxygen atoms in total. The Morgan fingerprint density at radius 1 is 1.21 bits per heavy atom. The van der Waals surface area contributed by atoms with Gasteiger partial charge < -0.3 is 29.0 Å². The van der Waals surface area contributed by atoms with Crippen LogP contribution in [0.2, 0.25) is 0 Å². The lowest BCUT2D eigenvalue weighted by Gasteiger charge is -2.18.